The van der Waals surface area contributed by atoms with Crippen molar-refractivity contribution < 1.29 is 14.6 Å². The van der Waals surface area contributed by atoms with Crippen molar-refractivity contribution in [3.63, 3.8) is 0 Å². The molecule has 0 saturated heterocycles. The van der Waals surface area contributed by atoms with E-state index in [0.717, 1.165) is 12.1 Å². The minimum absolute atomic E-state index is 0.0940. The zero-order valence-corrected chi connectivity index (χ0v) is 15.3. The van der Waals surface area contributed by atoms with Gasteiger partial charge in [-0.05, 0) is 36.8 Å². The number of aliphatic imine (C=N–C) groups is 1. The van der Waals surface area contributed by atoms with Gasteiger partial charge in [-0.15, -0.1) is 0 Å². The maximum atomic E-state index is 10.6. The summed E-state index contributed by atoms with van der Waals surface area (Å²) in [4.78, 5) is 4.25. The number of rotatable bonds is 4. The molecule has 1 aliphatic rings. The Morgan fingerprint density at radius 1 is 1.23 bits per heavy atom. The number of nitrogens with one attached hydrogen (secondary N) is 1. The van der Waals surface area contributed by atoms with E-state index < -0.39 is 5.60 Å². The third-order valence-electron chi connectivity index (χ3n) is 4.02. The summed E-state index contributed by atoms with van der Waals surface area (Å²) >= 11 is 5.98. The van der Waals surface area contributed by atoms with Crippen LogP contribution in [0.25, 0.3) is 0 Å². The molecule has 0 amide bonds. The van der Waals surface area contributed by atoms with E-state index in [-0.39, 0.29) is 12.5 Å². The molecule has 7 heteroatoms. The molecule has 0 fully saturated rings. The van der Waals surface area contributed by atoms with Crippen molar-refractivity contribution in [2.45, 2.75) is 18.9 Å². The van der Waals surface area contributed by atoms with Crippen LogP contribution in [-0.4, -0.2) is 30.8 Å². The van der Waals surface area contributed by atoms with Crippen LogP contribution in [-0.2, 0) is 5.60 Å². The minimum atomic E-state index is -1.18. The number of fused-ring (bicyclic) bond motifs is 1. The Morgan fingerprint density at radius 3 is 2.77 bits per heavy atom. The zero-order chi connectivity index (χ0) is 18.6. The molecule has 1 aliphatic heterocycles. The maximum absolute atomic E-state index is 10.6. The highest BCUT2D eigenvalue weighted by Gasteiger charge is 2.23. The second-order valence-electron chi connectivity index (χ2n) is 6.32. The van der Waals surface area contributed by atoms with Crippen molar-refractivity contribution in [2.24, 2.45) is 10.7 Å². The predicted molar refractivity (Wildman–Crippen MR) is 103 cm³/mol. The number of benzene rings is 2. The lowest BCUT2D eigenvalue weighted by Gasteiger charge is -2.22. The minimum Gasteiger partial charge on any atom is -0.490 e. The molecule has 0 radical (unpaired) electrons. The molecule has 26 heavy (non-hydrogen) atoms. The van der Waals surface area contributed by atoms with Crippen LogP contribution in [0.15, 0.2) is 47.5 Å². The van der Waals surface area contributed by atoms with E-state index in [1.54, 1.807) is 31.2 Å². The highest BCUT2D eigenvalue weighted by molar-refractivity contribution is 6.30. The van der Waals surface area contributed by atoms with Crippen LogP contribution < -0.4 is 20.5 Å². The van der Waals surface area contributed by atoms with Gasteiger partial charge in [0.15, 0.2) is 17.5 Å². The van der Waals surface area contributed by atoms with Crippen molar-refractivity contribution in [2.75, 3.05) is 25.1 Å². The van der Waals surface area contributed by atoms with Crippen molar-refractivity contribution in [1.82, 2.24) is 0 Å². The zero-order valence-electron chi connectivity index (χ0n) is 14.5. The average Bonchev–Trinajstić information content (AvgIpc) is 2.85. The topological polar surface area (TPSA) is 89.1 Å². The van der Waals surface area contributed by atoms with Crippen LogP contribution in [0.2, 0.25) is 5.02 Å². The summed E-state index contributed by atoms with van der Waals surface area (Å²) in [6, 6.07) is 12.5. The van der Waals surface area contributed by atoms with Crippen molar-refractivity contribution in [3.05, 3.63) is 53.1 Å². The van der Waals surface area contributed by atoms with Gasteiger partial charge >= 0.3 is 0 Å². The summed E-state index contributed by atoms with van der Waals surface area (Å²) < 4.78 is 11.3. The molecule has 4 N–H and O–H groups in total. The van der Waals surface area contributed by atoms with Gasteiger partial charge in [-0.3, -0.25) is 0 Å². The summed E-state index contributed by atoms with van der Waals surface area (Å²) in [7, 11) is 0. The smallest absolute Gasteiger partial charge is 0.193 e. The van der Waals surface area contributed by atoms with Gasteiger partial charge in [-0.25, -0.2) is 4.99 Å². The van der Waals surface area contributed by atoms with Gasteiger partial charge in [-0.1, -0.05) is 23.7 Å². The number of ether oxygens (including phenoxy) is 2. The largest absolute Gasteiger partial charge is 0.490 e. The highest BCUT2D eigenvalue weighted by atomic mass is 35.5. The Labute approximate surface area is 157 Å². The maximum Gasteiger partial charge on any atom is 0.193 e. The summed E-state index contributed by atoms with van der Waals surface area (Å²) in [5.74, 6) is 1.58. The van der Waals surface area contributed by atoms with E-state index in [9.17, 15) is 5.11 Å². The lowest BCUT2D eigenvalue weighted by atomic mass is 9.96. The molecular formula is C19H22ClN3O3. The van der Waals surface area contributed by atoms with E-state index in [1.807, 2.05) is 18.2 Å². The molecule has 6 nitrogen and oxygen atoms in total. The van der Waals surface area contributed by atoms with Gasteiger partial charge in [0, 0.05) is 23.2 Å². The molecule has 0 saturated carbocycles. The highest BCUT2D eigenvalue weighted by Crippen LogP contribution is 2.32. The van der Waals surface area contributed by atoms with Crippen LogP contribution >= 0.6 is 11.6 Å². The van der Waals surface area contributed by atoms with Gasteiger partial charge in [0.05, 0.1) is 19.8 Å². The molecule has 1 heterocycles. The Balaban J connectivity index is 1.67. The van der Waals surface area contributed by atoms with Crippen molar-refractivity contribution in [3.8, 4) is 11.5 Å². The fourth-order valence-electron chi connectivity index (χ4n) is 2.58. The van der Waals surface area contributed by atoms with E-state index in [0.29, 0.717) is 35.3 Å². The predicted octanol–water partition coefficient (Wildman–Crippen LogP) is 3.14. The number of hydrogen-bond donors (Lipinski definition) is 3. The standard InChI is InChI=1S/C19H22ClN3O3/c1-19(24,13-4-2-5-14(20)10-13)12-22-18(21)23-15-6-7-16-17(11-15)26-9-3-8-25-16/h2,4-7,10-11,24H,3,8-9,12H2,1H3,(H3,21,22,23). The molecule has 0 spiro atoms. The van der Waals surface area contributed by atoms with E-state index in [4.69, 9.17) is 26.8 Å². The summed E-state index contributed by atoms with van der Waals surface area (Å²) in [6.07, 6.45) is 0.847. The van der Waals surface area contributed by atoms with Gasteiger partial charge in [0.25, 0.3) is 0 Å². The number of anilines is 1. The normalized spacial score (nSPS) is 16.5. The lowest BCUT2D eigenvalue weighted by molar-refractivity contribution is 0.0674. The summed E-state index contributed by atoms with van der Waals surface area (Å²) in [5.41, 5.74) is 6.19. The van der Waals surface area contributed by atoms with Crippen LogP contribution in [0.1, 0.15) is 18.9 Å². The second-order valence-corrected chi connectivity index (χ2v) is 6.76. The first kappa shape index (κ1) is 18.4. The molecule has 0 aliphatic carbocycles. The van der Waals surface area contributed by atoms with Gasteiger partial charge in [0.2, 0.25) is 0 Å². The van der Waals surface area contributed by atoms with Crippen LogP contribution in [0.5, 0.6) is 11.5 Å². The van der Waals surface area contributed by atoms with Crippen molar-refractivity contribution >= 4 is 23.2 Å². The van der Waals surface area contributed by atoms with Crippen LogP contribution in [0, 0.1) is 0 Å². The SMILES string of the molecule is CC(O)(CN=C(N)Nc1ccc2c(c1)OCCCO2)c1cccc(Cl)c1. The first-order valence-corrected chi connectivity index (χ1v) is 8.77. The molecule has 2 aromatic carbocycles. The van der Waals surface area contributed by atoms with E-state index in [2.05, 4.69) is 10.3 Å². The summed E-state index contributed by atoms with van der Waals surface area (Å²) in [5, 5.41) is 14.2. The van der Waals surface area contributed by atoms with Crippen molar-refractivity contribution in [1.29, 1.82) is 0 Å². The second kappa shape index (κ2) is 7.85. The molecule has 2 aromatic rings. The quantitative estimate of drug-likeness (QED) is 0.564. The Bertz CT molecular complexity index is 808. The number of guanidine groups is 1. The first-order chi connectivity index (χ1) is 12.4. The third kappa shape index (κ3) is 4.59. The number of nitrogens with zero attached hydrogens (tertiary/aromatic N) is 1. The fourth-order valence-corrected chi connectivity index (χ4v) is 2.77. The average molecular weight is 376 g/mol. The first-order valence-electron chi connectivity index (χ1n) is 8.39. The molecule has 1 unspecified atom stereocenters. The van der Waals surface area contributed by atoms with E-state index >= 15 is 0 Å². The third-order valence-corrected chi connectivity index (χ3v) is 4.26. The number of aliphatic hydroxyl groups is 1. The van der Waals surface area contributed by atoms with Gasteiger partial charge in [0.1, 0.15) is 5.60 Å². The molecule has 0 aromatic heterocycles. The monoisotopic (exact) mass is 375 g/mol. The van der Waals surface area contributed by atoms with Crippen LogP contribution in [0.4, 0.5) is 5.69 Å². The van der Waals surface area contributed by atoms with E-state index in [1.165, 1.54) is 0 Å². The number of nitrogens with two attached hydrogens (primary N) is 1. The molecule has 0 bridgehead atoms. The fraction of sp³-hybridized carbons (Fsp3) is 0.316. The molecule has 1 atom stereocenters. The van der Waals surface area contributed by atoms with Gasteiger partial charge in [-0.2, -0.15) is 0 Å². The van der Waals surface area contributed by atoms with Crippen LogP contribution in [0.3, 0.4) is 0 Å². The Kier molecular flexibility index (Phi) is 5.54. The Hall–Kier alpha value is -2.44. The van der Waals surface area contributed by atoms with Gasteiger partial charge < -0.3 is 25.6 Å². The number of hydrogen-bond acceptors (Lipinski definition) is 4. The molecular weight excluding hydrogens is 354 g/mol. The molecule has 3 rings (SSSR count). The Morgan fingerprint density at radius 2 is 2.00 bits per heavy atom. The summed E-state index contributed by atoms with van der Waals surface area (Å²) in [6.45, 7) is 3.02. The molecule has 138 valence electrons. The number of halogens is 1. The lowest BCUT2D eigenvalue weighted by Crippen LogP contribution is -2.29.